The highest BCUT2D eigenvalue weighted by molar-refractivity contribution is 7.99. The molecule has 0 radical (unpaired) electrons. The fourth-order valence-electron chi connectivity index (χ4n) is 1.97. The number of nitrogens with zero attached hydrogens (tertiary/aromatic N) is 1. The summed E-state index contributed by atoms with van der Waals surface area (Å²) in [6.45, 7) is 10.9. The maximum Gasteiger partial charge on any atom is 0.106 e. The number of thioether (sulfide) groups is 1. The number of nitriles is 1. The molecule has 1 atom stereocenters. The molecule has 0 aliphatic carbocycles. The Kier molecular flexibility index (Phi) is 9.59. The van der Waals surface area contributed by atoms with Crippen LogP contribution in [0.2, 0.25) is 0 Å². The van der Waals surface area contributed by atoms with Crippen LogP contribution in [0.5, 0.6) is 0 Å². The van der Waals surface area contributed by atoms with Gasteiger partial charge in [-0.25, -0.2) is 0 Å². The normalized spacial score (nSPS) is 14.8. The van der Waals surface area contributed by atoms with Crippen LogP contribution in [-0.4, -0.2) is 23.1 Å². The summed E-state index contributed by atoms with van der Waals surface area (Å²) < 4.78 is 0. The third-order valence-electron chi connectivity index (χ3n) is 3.11. The zero-order chi connectivity index (χ0) is 14.0. The predicted molar refractivity (Wildman–Crippen MR) is 82.9 cm³/mol. The second kappa shape index (κ2) is 9.69. The van der Waals surface area contributed by atoms with E-state index in [0.29, 0.717) is 6.04 Å². The van der Waals surface area contributed by atoms with Crippen LogP contribution >= 0.6 is 11.8 Å². The van der Waals surface area contributed by atoms with Crippen molar-refractivity contribution in [2.45, 2.75) is 71.9 Å². The number of rotatable bonds is 10. The second-order valence-corrected chi connectivity index (χ2v) is 6.97. The van der Waals surface area contributed by atoms with Crippen molar-refractivity contribution in [1.82, 2.24) is 5.32 Å². The van der Waals surface area contributed by atoms with Gasteiger partial charge in [-0.05, 0) is 57.0 Å². The Morgan fingerprint density at radius 2 is 1.89 bits per heavy atom. The fourth-order valence-corrected chi connectivity index (χ4v) is 3.16. The molecule has 2 nitrogen and oxygen atoms in total. The zero-order valence-electron chi connectivity index (χ0n) is 12.8. The number of hydrogen-bond donors (Lipinski definition) is 1. The van der Waals surface area contributed by atoms with E-state index in [1.165, 1.54) is 17.9 Å². The third kappa shape index (κ3) is 8.00. The average Bonchev–Trinajstić information content (AvgIpc) is 2.31. The smallest absolute Gasteiger partial charge is 0.106 e. The fraction of sp³-hybridized carbons (Fsp3) is 0.933. The quantitative estimate of drug-likeness (QED) is 0.604. The first-order valence-corrected chi connectivity index (χ1v) is 8.38. The van der Waals surface area contributed by atoms with Gasteiger partial charge in [0.2, 0.25) is 0 Å². The Balaban J connectivity index is 3.88. The Labute approximate surface area is 118 Å². The highest BCUT2D eigenvalue weighted by Gasteiger charge is 2.27. The van der Waals surface area contributed by atoms with Crippen LogP contribution in [0.1, 0.15) is 60.3 Å². The van der Waals surface area contributed by atoms with E-state index in [-0.39, 0.29) is 5.54 Å². The van der Waals surface area contributed by atoms with Crippen LogP contribution < -0.4 is 5.32 Å². The first kappa shape index (κ1) is 17.8. The molecule has 106 valence electrons. The molecule has 0 saturated heterocycles. The summed E-state index contributed by atoms with van der Waals surface area (Å²) in [5.41, 5.74) is -0.313. The lowest BCUT2D eigenvalue weighted by molar-refractivity contribution is 0.341. The molecule has 0 bridgehead atoms. The lowest BCUT2D eigenvalue weighted by atomic mass is 9.91. The predicted octanol–water partition coefficient (Wildman–Crippen LogP) is 4.22. The summed E-state index contributed by atoms with van der Waals surface area (Å²) in [5.74, 6) is 3.23. The zero-order valence-corrected chi connectivity index (χ0v) is 13.6. The van der Waals surface area contributed by atoms with Gasteiger partial charge >= 0.3 is 0 Å². The van der Waals surface area contributed by atoms with E-state index in [2.05, 4.69) is 46.0 Å². The molecule has 0 rings (SSSR count). The largest absolute Gasteiger partial charge is 0.297 e. The maximum absolute atomic E-state index is 9.38. The first-order valence-electron chi connectivity index (χ1n) is 7.22. The molecule has 0 aromatic heterocycles. The summed E-state index contributed by atoms with van der Waals surface area (Å²) in [4.78, 5) is 0. The highest BCUT2D eigenvalue weighted by atomic mass is 32.2. The maximum atomic E-state index is 9.38. The Hall–Kier alpha value is -0.200. The molecule has 0 saturated carbocycles. The van der Waals surface area contributed by atoms with Crippen molar-refractivity contribution in [2.24, 2.45) is 5.92 Å². The van der Waals surface area contributed by atoms with Crippen molar-refractivity contribution in [1.29, 1.82) is 5.26 Å². The van der Waals surface area contributed by atoms with Crippen molar-refractivity contribution in [3.05, 3.63) is 0 Å². The average molecular weight is 270 g/mol. The van der Waals surface area contributed by atoms with E-state index in [9.17, 15) is 5.26 Å². The number of hydrogen-bond acceptors (Lipinski definition) is 3. The van der Waals surface area contributed by atoms with Gasteiger partial charge in [0.05, 0.1) is 6.07 Å². The van der Waals surface area contributed by atoms with Gasteiger partial charge in [0.25, 0.3) is 0 Å². The van der Waals surface area contributed by atoms with Crippen LogP contribution in [0.3, 0.4) is 0 Å². The molecule has 18 heavy (non-hydrogen) atoms. The molecular formula is C15H30N2S. The SMILES string of the molecule is CCC(C#N)(CCCSCCC(C)C)NC(C)C. The molecule has 0 aromatic rings. The summed E-state index contributed by atoms with van der Waals surface area (Å²) >= 11 is 2.02. The summed E-state index contributed by atoms with van der Waals surface area (Å²) in [7, 11) is 0. The molecule has 0 aliphatic heterocycles. The van der Waals surface area contributed by atoms with Gasteiger partial charge in [-0.2, -0.15) is 17.0 Å². The molecule has 0 amide bonds. The van der Waals surface area contributed by atoms with E-state index in [0.717, 1.165) is 25.2 Å². The summed E-state index contributed by atoms with van der Waals surface area (Å²) in [6, 6.07) is 2.86. The molecular weight excluding hydrogens is 240 g/mol. The van der Waals surface area contributed by atoms with Gasteiger partial charge in [0.15, 0.2) is 0 Å². The van der Waals surface area contributed by atoms with Crippen molar-refractivity contribution in [3.63, 3.8) is 0 Å². The minimum absolute atomic E-state index is 0.313. The highest BCUT2D eigenvalue weighted by Crippen LogP contribution is 2.20. The van der Waals surface area contributed by atoms with Crippen molar-refractivity contribution in [2.75, 3.05) is 11.5 Å². The lowest BCUT2D eigenvalue weighted by Gasteiger charge is -2.29. The Morgan fingerprint density at radius 1 is 1.22 bits per heavy atom. The van der Waals surface area contributed by atoms with Crippen LogP contribution in [0.25, 0.3) is 0 Å². The van der Waals surface area contributed by atoms with Crippen LogP contribution in [0.15, 0.2) is 0 Å². The Bertz CT molecular complexity index is 245. The van der Waals surface area contributed by atoms with Gasteiger partial charge in [-0.1, -0.05) is 20.8 Å². The van der Waals surface area contributed by atoms with Crippen LogP contribution in [-0.2, 0) is 0 Å². The molecule has 0 aliphatic rings. The molecule has 1 unspecified atom stereocenters. The summed E-state index contributed by atoms with van der Waals surface area (Å²) in [5, 5.41) is 12.8. The van der Waals surface area contributed by atoms with Gasteiger partial charge < -0.3 is 0 Å². The minimum atomic E-state index is -0.313. The van der Waals surface area contributed by atoms with E-state index in [4.69, 9.17) is 0 Å². The topological polar surface area (TPSA) is 35.8 Å². The van der Waals surface area contributed by atoms with Crippen molar-refractivity contribution < 1.29 is 0 Å². The minimum Gasteiger partial charge on any atom is -0.297 e. The van der Waals surface area contributed by atoms with E-state index >= 15 is 0 Å². The molecule has 0 heterocycles. The van der Waals surface area contributed by atoms with E-state index in [1.54, 1.807) is 0 Å². The molecule has 0 fully saturated rings. The molecule has 0 spiro atoms. The Morgan fingerprint density at radius 3 is 2.33 bits per heavy atom. The van der Waals surface area contributed by atoms with Gasteiger partial charge in [-0.3, -0.25) is 5.32 Å². The van der Waals surface area contributed by atoms with Gasteiger partial charge in [0, 0.05) is 6.04 Å². The van der Waals surface area contributed by atoms with Crippen molar-refractivity contribution >= 4 is 11.8 Å². The monoisotopic (exact) mass is 270 g/mol. The standard InChI is InChI=1S/C15H30N2S/c1-6-15(12-16,17-14(4)5)9-7-10-18-11-8-13(2)3/h13-14,17H,6-11H2,1-5H3. The number of nitrogens with one attached hydrogen (secondary N) is 1. The van der Waals surface area contributed by atoms with Crippen LogP contribution in [0.4, 0.5) is 0 Å². The molecule has 1 N–H and O–H groups in total. The van der Waals surface area contributed by atoms with Crippen LogP contribution in [0, 0.1) is 17.2 Å². The van der Waals surface area contributed by atoms with Gasteiger partial charge in [0.1, 0.15) is 5.54 Å². The lowest BCUT2D eigenvalue weighted by Crippen LogP contribution is -2.47. The summed E-state index contributed by atoms with van der Waals surface area (Å²) in [6.07, 6.45) is 4.28. The first-order chi connectivity index (χ1) is 8.45. The van der Waals surface area contributed by atoms with E-state index in [1.807, 2.05) is 11.8 Å². The third-order valence-corrected chi connectivity index (χ3v) is 4.22. The van der Waals surface area contributed by atoms with E-state index < -0.39 is 0 Å². The van der Waals surface area contributed by atoms with Crippen molar-refractivity contribution in [3.8, 4) is 6.07 Å². The second-order valence-electron chi connectivity index (χ2n) is 5.74. The molecule has 3 heteroatoms. The molecule has 0 aromatic carbocycles. The van der Waals surface area contributed by atoms with Gasteiger partial charge in [-0.15, -0.1) is 0 Å².